The van der Waals surface area contributed by atoms with Crippen molar-refractivity contribution in [3.8, 4) is 0 Å². The van der Waals surface area contributed by atoms with Gasteiger partial charge in [-0.3, -0.25) is 4.98 Å². The van der Waals surface area contributed by atoms with Crippen LogP contribution in [0.4, 0.5) is 0 Å². The van der Waals surface area contributed by atoms with Crippen LogP contribution in [0, 0.1) is 0 Å². The molecule has 0 spiro atoms. The average molecular weight is 266 g/mol. The number of thioether (sulfide) groups is 1. The molecule has 0 radical (unpaired) electrons. The molecular formula is C14H16ClNS. The molecule has 2 rings (SSSR count). The summed E-state index contributed by atoms with van der Waals surface area (Å²) in [5.41, 5.74) is 1.38. The second-order valence-electron chi connectivity index (χ2n) is 3.62. The van der Waals surface area contributed by atoms with E-state index < -0.39 is 0 Å². The quantitative estimate of drug-likeness (QED) is 0.593. The molecule has 1 aromatic heterocycles. The summed E-state index contributed by atoms with van der Waals surface area (Å²) in [5, 5.41) is 0. The average Bonchev–Trinajstić information content (AvgIpc) is 2.37. The molecule has 0 aliphatic heterocycles. The van der Waals surface area contributed by atoms with E-state index in [0.29, 0.717) is 0 Å². The fraction of sp³-hybridized carbons (Fsp3) is 0.214. The monoisotopic (exact) mass is 265 g/mol. The van der Waals surface area contributed by atoms with E-state index in [1.54, 1.807) is 0 Å². The van der Waals surface area contributed by atoms with E-state index in [2.05, 4.69) is 47.4 Å². The van der Waals surface area contributed by atoms with E-state index in [9.17, 15) is 0 Å². The van der Waals surface area contributed by atoms with Crippen LogP contribution in [0.5, 0.6) is 0 Å². The lowest BCUT2D eigenvalue weighted by atomic mass is 10.2. The SMILES string of the molecule is Cl.c1ccc(SCCCc2ccncc2)cc1. The van der Waals surface area contributed by atoms with Crippen LogP contribution in [0.3, 0.4) is 0 Å². The summed E-state index contributed by atoms with van der Waals surface area (Å²) < 4.78 is 0. The molecule has 0 aliphatic rings. The van der Waals surface area contributed by atoms with Crippen molar-refractivity contribution in [2.45, 2.75) is 17.7 Å². The molecule has 0 N–H and O–H groups in total. The van der Waals surface area contributed by atoms with E-state index in [0.717, 1.165) is 6.42 Å². The van der Waals surface area contributed by atoms with Crippen LogP contribution in [0.2, 0.25) is 0 Å². The summed E-state index contributed by atoms with van der Waals surface area (Å²) in [7, 11) is 0. The third-order valence-electron chi connectivity index (χ3n) is 2.37. The predicted molar refractivity (Wildman–Crippen MR) is 77.0 cm³/mol. The van der Waals surface area contributed by atoms with Crippen molar-refractivity contribution < 1.29 is 0 Å². The number of aromatic nitrogens is 1. The molecule has 0 atom stereocenters. The van der Waals surface area contributed by atoms with Gasteiger partial charge in [-0.2, -0.15) is 0 Å². The Kier molecular flexibility index (Phi) is 6.75. The van der Waals surface area contributed by atoms with Gasteiger partial charge in [0.15, 0.2) is 0 Å². The van der Waals surface area contributed by atoms with Gasteiger partial charge >= 0.3 is 0 Å². The van der Waals surface area contributed by atoms with E-state index in [1.807, 2.05) is 24.2 Å². The highest BCUT2D eigenvalue weighted by Gasteiger charge is 1.94. The van der Waals surface area contributed by atoms with Crippen molar-refractivity contribution in [2.24, 2.45) is 0 Å². The third-order valence-corrected chi connectivity index (χ3v) is 3.47. The zero-order valence-electron chi connectivity index (χ0n) is 9.58. The van der Waals surface area contributed by atoms with Crippen LogP contribution in [0.15, 0.2) is 59.8 Å². The van der Waals surface area contributed by atoms with Gasteiger partial charge in [0.05, 0.1) is 0 Å². The fourth-order valence-corrected chi connectivity index (χ4v) is 2.41. The molecule has 0 unspecified atom stereocenters. The fourth-order valence-electron chi connectivity index (χ4n) is 1.53. The molecule has 3 heteroatoms. The highest BCUT2D eigenvalue weighted by molar-refractivity contribution is 7.99. The molecule has 1 aromatic carbocycles. The second-order valence-corrected chi connectivity index (χ2v) is 4.79. The van der Waals surface area contributed by atoms with Gasteiger partial charge < -0.3 is 0 Å². The van der Waals surface area contributed by atoms with Crippen LogP contribution in [0.25, 0.3) is 0 Å². The smallest absolute Gasteiger partial charge is 0.0270 e. The number of aryl methyl sites for hydroxylation is 1. The minimum absolute atomic E-state index is 0. The van der Waals surface area contributed by atoms with Crippen LogP contribution >= 0.6 is 24.2 Å². The number of nitrogens with zero attached hydrogens (tertiary/aromatic N) is 1. The largest absolute Gasteiger partial charge is 0.265 e. The minimum atomic E-state index is 0. The van der Waals surface area contributed by atoms with Crippen LogP contribution in [0.1, 0.15) is 12.0 Å². The molecule has 0 fully saturated rings. The van der Waals surface area contributed by atoms with Gasteiger partial charge in [-0.1, -0.05) is 18.2 Å². The van der Waals surface area contributed by atoms with Gasteiger partial charge in [-0.25, -0.2) is 0 Å². The van der Waals surface area contributed by atoms with Gasteiger partial charge in [-0.15, -0.1) is 24.2 Å². The van der Waals surface area contributed by atoms with Crippen molar-refractivity contribution in [1.82, 2.24) is 4.98 Å². The standard InChI is InChI=1S/C14H15NS.ClH/c1-2-6-14(7-3-1)16-12-4-5-13-8-10-15-11-9-13;/h1-3,6-11H,4-5,12H2;1H. The molecule has 0 aliphatic carbocycles. The first kappa shape index (κ1) is 14.1. The van der Waals surface area contributed by atoms with E-state index >= 15 is 0 Å². The minimum Gasteiger partial charge on any atom is -0.265 e. The number of hydrogen-bond donors (Lipinski definition) is 0. The normalized spacial score (nSPS) is 9.65. The molecule has 0 saturated heterocycles. The molecule has 0 amide bonds. The van der Waals surface area contributed by atoms with Crippen LogP contribution in [-0.4, -0.2) is 10.7 Å². The maximum absolute atomic E-state index is 4.02. The lowest BCUT2D eigenvalue weighted by Gasteiger charge is -2.01. The number of rotatable bonds is 5. The Morgan fingerprint density at radius 1 is 0.941 bits per heavy atom. The Bertz CT molecular complexity index is 364. The Morgan fingerprint density at radius 3 is 2.35 bits per heavy atom. The highest BCUT2D eigenvalue weighted by Crippen LogP contribution is 2.18. The van der Waals surface area contributed by atoms with Crippen molar-refractivity contribution in [1.29, 1.82) is 0 Å². The van der Waals surface area contributed by atoms with Crippen molar-refractivity contribution in [2.75, 3.05) is 5.75 Å². The Hall–Kier alpha value is -0.990. The summed E-state index contributed by atoms with van der Waals surface area (Å²) in [6.45, 7) is 0. The Balaban J connectivity index is 0.00000144. The summed E-state index contributed by atoms with van der Waals surface area (Å²) in [5.74, 6) is 1.17. The van der Waals surface area contributed by atoms with Crippen molar-refractivity contribution in [3.63, 3.8) is 0 Å². The molecule has 90 valence electrons. The highest BCUT2D eigenvalue weighted by atomic mass is 35.5. The summed E-state index contributed by atoms with van der Waals surface area (Å²) in [4.78, 5) is 5.37. The van der Waals surface area contributed by atoms with Gasteiger partial charge in [0.2, 0.25) is 0 Å². The summed E-state index contributed by atoms with van der Waals surface area (Å²) in [6, 6.07) is 14.7. The number of hydrogen-bond acceptors (Lipinski definition) is 2. The van der Waals surface area contributed by atoms with Crippen LogP contribution in [-0.2, 0) is 6.42 Å². The van der Waals surface area contributed by atoms with E-state index in [4.69, 9.17) is 0 Å². The number of benzene rings is 1. The number of halogens is 1. The lowest BCUT2D eigenvalue weighted by molar-refractivity contribution is 0.929. The molecule has 17 heavy (non-hydrogen) atoms. The van der Waals surface area contributed by atoms with Gasteiger partial charge in [0.25, 0.3) is 0 Å². The maximum atomic E-state index is 4.02. The molecule has 0 bridgehead atoms. The lowest BCUT2D eigenvalue weighted by Crippen LogP contribution is -1.87. The van der Waals surface area contributed by atoms with E-state index in [-0.39, 0.29) is 12.4 Å². The first-order valence-corrected chi connectivity index (χ1v) is 6.50. The Morgan fingerprint density at radius 2 is 1.65 bits per heavy atom. The van der Waals surface area contributed by atoms with Crippen LogP contribution < -0.4 is 0 Å². The third kappa shape index (κ3) is 5.24. The first-order chi connectivity index (χ1) is 7.95. The summed E-state index contributed by atoms with van der Waals surface area (Å²) in [6.07, 6.45) is 6.07. The first-order valence-electron chi connectivity index (χ1n) is 5.52. The van der Waals surface area contributed by atoms with Crippen molar-refractivity contribution in [3.05, 3.63) is 60.4 Å². The topological polar surface area (TPSA) is 12.9 Å². The zero-order chi connectivity index (χ0) is 11.1. The van der Waals surface area contributed by atoms with Gasteiger partial charge in [0, 0.05) is 17.3 Å². The molecule has 0 saturated carbocycles. The van der Waals surface area contributed by atoms with Gasteiger partial charge in [-0.05, 0) is 48.4 Å². The number of pyridine rings is 1. The molecule has 1 heterocycles. The zero-order valence-corrected chi connectivity index (χ0v) is 11.2. The second kappa shape index (κ2) is 8.15. The van der Waals surface area contributed by atoms with Crippen molar-refractivity contribution >= 4 is 24.2 Å². The predicted octanol–water partition coefficient (Wildman–Crippen LogP) is 4.23. The summed E-state index contributed by atoms with van der Waals surface area (Å²) >= 11 is 1.92. The molecule has 2 aromatic rings. The molecular weight excluding hydrogens is 250 g/mol. The van der Waals surface area contributed by atoms with Gasteiger partial charge in [0.1, 0.15) is 0 Å². The van der Waals surface area contributed by atoms with E-state index in [1.165, 1.54) is 22.6 Å². The Labute approximate surface area is 113 Å². The maximum Gasteiger partial charge on any atom is 0.0270 e. The molecule has 1 nitrogen and oxygen atoms in total.